The molecule has 1 atom stereocenters. The summed E-state index contributed by atoms with van der Waals surface area (Å²) in [5.74, 6) is 0.674. The second kappa shape index (κ2) is 8.15. The maximum Gasteiger partial charge on any atom is 0.237 e. The summed E-state index contributed by atoms with van der Waals surface area (Å²) in [6, 6.07) is 13.5. The Morgan fingerprint density at radius 1 is 1.11 bits per heavy atom. The van der Waals surface area contributed by atoms with Gasteiger partial charge in [0.25, 0.3) is 0 Å². The Morgan fingerprint density at radius 3 is 2.59 bits per heavy atom. The van der Waals surface area contributed by atoms with E-state index in [2.05, 4.69) is 15.5 Å². The molecule has 0 aliphatic heterocycles. The number of amides is 1. The second-order valence-corrected chi connectivity index (χ2v) is 8.10. The van der Waals surface area contributed by atoms with Crippen LogP contribution >= 0.6 is 23.4 Å². The number of nitrogens with zero attached hydrogens (tertiary/aromatic N) is 3. The number of thioether (sulfide) groups is 1. The third kappa shape index (κ3) is 4.34. The number of para-hydroxylation sites is 1. The predicted molar refractivity (Wildman–Crippen MR) is 111 cm³/mol. The number of aryl methyl sites for hydroxylation is 3. The molecule has 1 heterocycles. The molecule has 27 heavy (non-hydrogen) atoms. The summed E-state index contributed by atoms with van der Waals surface area (Å²) < 4.78 is 1.98. The van der Waals surface area contributed by atoms with Gasteiger partial charge in [0.05, 0.1) is 10.9 Å². The molecule has 3 rings (SSSR count). The summed E-state index contributed by atoms with van der Waals surface area (Å²) in [4.78, 5) is 12.7. The van der Waals surface area contributed by atoms with Gasteiger partial charge in [0.2, 0.25) is 5.91 Å². The van der Waals surface area contributed by atoms with Crippen LogP contribution in [-0.2, 0) is 4.79 Å². The van der Waals surface area contributed by atoms with Crippen LogP contribution in [0.25, 0.3) is 5.69 Å². The van der Waals surface area contributed by atoms with Crippen molar-refractivity contribution in [3.05, 3.63) is 64.4 Å². The quantitative estimate of drug-likeness (QED) is 0.614. The zero-order valence-electron chi connectivity index (χ0n) is 15.7. The number of aromatic nitrogens is 3. The molecule has 140 valence electrons. The van der Waals surface area contributed by atoms with Crippen molar-refractivity contribution in [1.82, 2.24) is 14.8 Å². The summed E-state index contributed by atoms with van der Waals surface area (Å²) in [6.07, 6.45) is 0. The number of benzene rings is 2. The van der Waals surface area contributed by atoms with Gasteiger partial charge in [-0.25, -0.2) is 0 Å². The normalized spacial score (nSPS) is 12.0. The molecular formula is C20H21ClN4OS. The number of anilines is 1. The number of rotatable bonds is 5. The molecule has 1 amide bonds. The fraction of sp³-hybridized carbons (Fsp3) is 0.250. The lowest BCUT2D eigenvalue weighted by Gasteiger charge is -2.15. The summed E-state index contributed by atoms with van der Waals surface area (Å²) in [7, 11) is 0. The topological polar surface area (TPSA) is 59.8 Å². The molecule has 1 N–H and O–H groups in total. The van der Waals surface area contributed by atoms with E-state index in [9.17, 15) is 4.79 Å². The Hall–Kier alpha value is -2.31. The first-order valence-electron chi connectivity index (χ1n) is 8.58. The molecule has 3 aromatic rings. The van der Waals surface area contributed by atoms with Gasteiger partial charge in [-0.2, -0.15) is 0 Å². The molecule has 1 aromatic heterocycles. The highest BCUT2D eigenvalue weighted by Gasteiger charge is 2.21. The van der Waals surface area contributed by atoms with E-state index in [0.29, 0.717) is 10.2 Å². The zero-order chi connectivity index (χ0) is 19.6. The minimum absolute atomic E-state index is 0.109. The van der Waals surface area contributed by atoms with E-state index in [0.717, 1.165) is 28.3 Å². The van der Waals surface area contributed by atoms with Crippen LogP contribution in [0.2, 0.25) is 5.02 Å². The van der Waals surface area contributed by atoms with Crippen molar-refractivity contribution < 1.29 is 4.79 Å². The standard InChI is InChI=1S/C20H21ClN4OS/c1-12-9-10-16(21)11-17(12)22-19(26)14(3)27-20-24-23-15(4)25(20)18-8-6-5-7-13(18)2/h5-11,14H,1-4H3,(H,22,26). The van der Waals surface area contributed by atoms with Crippen molar-refractivity contribution in [2.45, 2.75) is 38.1 Å². The minimum atomic E-state index is -0.352. The van der Waals surface area contributed by atoms with Crippen molar-refractivity contribution in [3.8, 4) is 5.69 Å². The number of halogens is 1. The van der Waals surface area contributed by atoms with Crippen molar-refractivity contribution in [3.63, 3.8) is 0 Å². The van der Waals surface area contributed by atoms with Crippen LogP contribution in [0.1, 0.15) is 23.9 Å². The van der Waals surface area contributed by atoms with Gasteiger partial charge >= 0.3 is 0 Å². The van der Waals surface area contributed by atoms with E-state index < -0.39 is 0 Å². The highest BCUT2D eigenvalue weighted by Crippen LogP contribution is 2.28. The Kier molecular flexibility index (Phi) is 5.87. The van der Waals surface area contributed by atoms with Crippen molar-refractivity contribution >= 4 is 35.0 Å². The van der Waals surface area contributed by atoms with Crippen LogP contribution in [0.5, 0.6) is 0 Å². The maximum atomic E-state index is 12.7. The molecule has 0 spiro atoms. The Morgan fingerprint density at radius 2 is 1.85 bits per heavy atom. The highest BCUT2D eigenvalue weighted by atomic mass is 35.5. The Labute approximate surface area is 168 Å². The van der Waals surface area contributed by atoms with Gasteiger partial charge in [0.1, 0.15) is 5.82 Å². The van der Waals surface area contributed by atoms with E-state index in [1.54, 1.807) is 12.1 Å². The van der Waals surface area contributed by atoms with E-state index in [1.165, 1.54) is 11.8 Å². The minimum Gasteiger partial charge on any atom is -0.325 e. The van der Waals surface area contributed by atoms with Crippen LogP contribution < -0.4 is 5.32 Å². The average molecular weight is 401 g/mol. The van der Waals surface area contributed by atoms with Gasteiger partial charge in [-0.05, 0) is 57.0 Å². The smallest absolute Gasteiger partial charge is 0.237 e. The van der Waals surface area contributed by atoms with Crippen molar-refractivity contribution in [2.24, 2.45) is 0 Å². The molecule has 0 saturated carbocycles. The largest absolute Gasteiger partial charge is 0.325 e. The van der Waals surface area contributed by atoms with Crippen LogP contribution in [-0.4, -0.2) is 25.9 Å². The Bertz CT molecular complexity index is 986. The summed E-state index contributed by atoms with van der Waals surface area (Å²) >= 11 is 7.41. The number of hydrogen-bond acceptors (Lipinski definition) is 4. The molecule has 0 saturated heterocycles. The fourth-order valence-corrected chi connectivity index (χ4v) is 3.76. The fourth-order valence-electron chi connectivity index (χ4n) is 2.69. The summed E-state index contributed by atoms with van der Waals surface area (Å²) in [6.45, 7) is 7.73. The summed E-state index contributed by atoms with van der Waals surface area (Å²) in [5, 5.41) is 12.3. The SMILES string of the molecule is Cc1ccc(Cl)cc1NC(=O)C(C)Sc1nnc(C)n1-c1ccccc1C. The number of hydrogen-bond donors (Lipinski definition) is 1. The first kappa shape index (κ1) is 19.5. The first-order valence-corrected chi connectivity index (χ1v) is 9.84. The van der Waals surface area contributed by atoms with E-state index in [4.69, 9.17) is 11.6 Å². The van der Waals surface area contributed by atoms with Crippen LogP contribution in [0.3, 0.4) is 0 Å². The average Bonchev–Trinajstić information content (AvgIpc) is 2.98. The third-order valence-corrected chi connectivity index (χ3v) is 5.54. The van der Waals surface area contributed by atoms with Gasteiger partial charge in [0, 0.05) is 10.7 Å². The number of carbonyl (C=O) groups is 1. The van der Waals surface area contributed by atoms with Gasteiger partial charge in [-0.1, -0.05) is 47.6 Å². The van der Waals surface area contributed by atoms with Crippen LogP contribution in [0, 0.1) is 20.8 Å². The van der Waals surface area contributed by atoms with E-state index in [-0.39, 0.29) is 11.2 Å². The molecule has 0 aliphatic carbocycles. The molecule has 0 radical (unpaired) electrons. The molecule has 1 unspecified atom stereocenters. The van der Waals surface area contributed by atoms with Crippen molar-refractivity contribution in [2.75, 3.05) is 5.32 Å². The lowest BCUT2D eigenvalue weighted by molar-refractivity contribution is -0.115. The van der Waals surface area contributed by atoms with Crippen molar-refractivity contribution in [1.29, 1.82) is 0 Å². The lowest BCUT2D eigenvalue weighted by Crippen LogP contribution is -2.23. The molecule has 5 nitrogen and oxygen atoms in total. The molecule has 0 fully saturated rings. The van der Waals surface area contributed by atoms with Gasteiger partial charge < -0.3 is 5.32 Å². The van der Waals surface area contributed by atoms with Gasteiger partial charge in [0.15, 0.2) is 5.16 Å². The molecule has 0 aliphatic rings. The summed E-state index contributed by atoms with van der Waals surface area (Å²) in [5.41, 5.74) is 3.81. The predicted octanol–water partition coefficient (Wildman–Crippen LogP) is 4.97. The maximum absolute atomic E-state index is 12.7. The molecule has 2 aromatic carbocycles. The highest BCUT2D eigenvalue weighted by molar-refractivity contribution is 8.00. The first-order chi connectivity index (χ1) is 12.9. The zero-order valence-corrected chi connectivity index (χ0v) is 17.2. The van der Waals surface area contributed by atoms with E-state index in [1.807, 2.05) is 62.6 Å². The van der Waals surface area contributed by atoms with Crippen LogP contribution in [0.4, 0.5) is 5.69 Å². The lowest BCUT2D eigenvalue weighted by atomic mass is 10.2. The third-order valence-electron chi connectivity index (χ3n) is 4.26. The molecule has 7 heteroatoms. The second-order valence-electron chi connectivity index (χ2n) is 6.36. The molecule has 0 bridgehead atoms. The van der Waals surface area contributed by atoms with Crippen LogP contribution in [0.15, 0.2) is 47.6 Å². The van der Waals surface area contributed by atoms with Gasteiger partial charge in [-0.15, -0.1) is 10.2 Å². The van der Waals surface area contributed by atoms with Gasteiger partial charge in [-0.3, -0.25) is 9.36 Å². The number of carbonyl (C=O) groups excluding carboxylic acids is 1. The Balaban J connectivity index is 1.81. The van der Waals surface area contributed by atoms with E-state index >= 15 is 0 Å². The monoisotopic (exact) mass is 400 g/mol. The molecular weight excluding hydrogens is 380 g/mol. The number of nitrogens with one attached hydrogen (secondary N) is 1.